The highest BCUT2D eigenvalue weighted by Gasteiger charge is 2.23. The molecule has 1 aliphatic heterocycles. The summed E-state index contributed by atoms with van der Waals surface area (Å²) in [5, 5.41) is 8.78. The van der Waals surface area contributed by atoms with Gasteiger partial charge in [0.05, 0.1) is 22.3 Å². The SMILES string of the molecule is CCCN1CCc2[nH]nc(-c3cc(Cl)c(OCC(C)C)c(Cl)c3)c2C1. The Morgan fingerprint density at radius 3 is 2.64 bits per heavy atom. The van der Waals surface area contributed by atoms with Crippen molar-refractivity contribution in [2.45, 2.75) is 40.2 Å². The molecule has 0 fully saturated rings. The maximum Gasteiger partial charge on any atom is 0.156 e. The van der Waals surface area contributed by atoms with E-state index in [1.165, 1.54) is 11.3 Å². The van der Waals surface area contributed by atoms with Crippen molar-refractivity contribution in [2.24, 2.45) is 5.92 Å². The van der Waals surface area contributed by atoms with Crippen LogP contribution in [0.25, 0.3) is 11.3 Å². The summed E-state index contributed by atoms with van der Waals surface area (Å²) in [6, 6.07) is 3.80. The molecule has 3 rings (SSSR count). The van der Waals surface area contributed by atoms with Crippen molar-refractivity contribution in [3.63, 3.8) is 0 Å². The number of benzene rings is 1. The average Bonchev–Trinajstić information content (AvgIpc) is 2.97. The van der Waals surface area contributed by atoms with Crippen LogP contribution in [0, 0.1) is 5.92 Å². The number of aromatic amines is 1. The normalized spacial score (nSPS) is 14.8. The fourth-order valence-corrected chi connectivity index (χ4v) is 3.78. The molecule has 1 aliphatic rings. The van der Waals surface area contributed by atoms with E-state index in [9.17, 15) is 0 Å². The predicted molar refractivity (Wildman–Crippen MR) is 104 cm³/mol. The molecule has 1 aromatic heterocycles. The summed E-state index contributed by atoms with van der Waals surface area (Å²) in [4.78, 5) is 2.46. The number of hydrogen-bond donors (Lipinski definition) is 1. The van der Waals surface area contributed by atoms with Gasteiger partial charge in [-0.2, -0.15) is 5.10 Å². The zero-order valence-electron chi connectivity index (χ0n) is 15.0. The number of ether oxygens (including phenoxy) is 1. The minimum Gasteiger partial charge on any atom is -0.490 e. The highest BCUT2D eigenvalue weighted by molar-refractivity contribution is 6.37. The Bertz CT molecular complexity index is 719. The molecule has 2 heterocycles. The minimum atomic E-state index is 0.412. The van der Waals surface area contributed by atoms with Gasteiger partial charge in [-0.1, -0.05) is 44.0 Å². The van der Waals surface area contributed by atoms with Crippen LogP contribution in [-0.4, -0.2) is 34.8 Å². The molecular weight excluding hydrogens is 357 g/mol. The average molecular weight is 382 g/mol. The van der Waals surface area contributed by atoms with E-state index >= 15 is 0 Å². The van der Waals surface area contributed by atoms with Gasteiger partial charge in [0.15, 0.2) is 5.75 Å². The van der Waals surface area contributed by atoms with Crippen LogP contribution in [0.1, 0.15) is 38.4 Å². The summed E-state index contributed by atoms with van der Waals surface area (Å²) >= 11 is 12.9. The molecule has 0 unspecified atom stereocenters. The van der Waals surface area contributed by atoms with Crippen molar-refractivity contribution < 1.29 is 4.74 Å². The van der Waals surface area contributed by atoms with Crippen LogP contribution < -0.4 is 4.74 Å². The zero-order chi connectivity index (χ0) is 18.0. The zero-order valence-corrected chi connectivity index (χ0v) is 16.5. The standard InChI is InChI=1S/C19H25Cl2N3O/c1-4-6-24-7-5-17-14(10-24)18(23-22-17)13-8-15(20)19(16(21)9-13)25-11-12(2)3/h8-9,12H,4-7,10-11H2,1-3H3,(H,22,23). The lowest BCUT2D eigenvalue weighted by molar-refractivity contribution is 0.254. The second kappa shape index (κ2) is 7.98. The first-order valence-corrected chi connectivity index (χ1v) is 9.65. The first-order chi connectivity index (χ1) is 12.0. The molecule has 0 bridgehead atoms. The Morgan fingerprint density at radius 2 is 2.00 bits per heavy atom. The number of aromatic nitrogens is 2. The molecule has 0 spiro atoms. The van der Waals surface area contributed by atoms with Gasteiger partial charge in [0.2, 0.25) is 0 Å². The number of H-pyrrole nitrogens is 1. The van der Waals surface area contributed by atoms with Crippen LogP contribution in [0.5, 0.6) is 5.75 Å². The third-order valence-corrected chi connectivity index (χ3v) is 4.95. The van der Waals surface area contributed by atoms with Crippen LogP contribution in [0.2, 0.25) is 10.0 Å². The van der Waals surface area contributed by atoms with Crippen LogP contribution >= 0.6 is 23.2 Å². The first kappa shape index (κ1) is 18.6. The summed E-state index contributed by atoms with van der Waals surface area (Å²) in [6.07, 6.45) is 2.15. The van der Waals surface area contributed by atoms with Crippen LogP contribution in [0.15, 0.2) is 12.1 Å². The fourth-order valence-electron chi connectivity index (χ4n) is 3.18. The highest BCUT2D eigenvalue weighted by Crippen LogP contribution is 2.39. The lowest BCUT2D eigenvalue weighted by Gasteiger charge is -2.26. The Balaban J connectivity index is 1.89. The second-order valence-corrected chi connectivity index (χ2v) is 7.84. The molecule has 4 nitrogen and oxygen atoms in total. The lowest BCUT2D eigenvalue weighted by atomic mass is 10.0. The van der Waals surface area contributed by atoms with Gasteiger partial charge in [-0.15, -0.1) is 0 Å². The fraction of sp³-hybridized carbons (Fsp3) is 0.526. The number of nitrogens with one attached hydrogen (secondary N) is 1. The molecule has 25 heavy (non-hydrogen) atoms. The van der Waals surface area contributed by atoms with E-state index in [2.05, 4.69) is 35.9 Å². The van der Waals surface area contributed by atoms with Gasteiger partial charge in [-0.3, -0.25) is 10.00 Å². The smallest absolute Gasteiger partial charge is 0.156 e. The van der Waals surface area contributed by atoms with Crippen molar-refractivity contribution in [3.05, 3.63) is 33.4 Å². The van der Waals surface area contributed by atoms with Gasteiger partial charge in [0.25, 0.3) is 0 Å². The topological polar surface area (TPSA) is 41.2 Å². The Kier molecular flexibility index (Phi) is 5.92. The summed E-state index contributed by atoms with van der Waals surface area (Å²) in [5.41, 5.74) is 4.34. The molecule has 0 saturated heterocycles. The van der Waals surface area contributed by atoms with E-state index in [-0.39, 0.29) is 0 Å². The van der Waals surface area contributed by atoms with E-state index < -0.39 is 0 Å². The van der Waals surface area contributed by atoms with Crippen molar-refractivity contribution in [1.82, 2.24) is 15.1 Å². The predicted octanol–water partition coefficient (Wildman–Crippen LogP) is 5.19. The maximum absolute atomic E-state index is 6.44. The van der Waals surface area contributed by atoms with Gasteiger partial charge in [-0.25, -0.2) is 0 Å². The van der Waals surface area contributed by atoms with Crippen LogP contribution in [0.3, 0.4) is 0 Å². The molecule has 0 radical (unpaired) electrons. The van der Waals surface area contributed by atoms with Crippen molar-refractivity contribution in [2.75, 3.05) is 19.7 Å². The molecule has 0 saturated carbocycles. The summed E-state index contributed by atoms with van der Waals surface area (Å²) in [6.45, 7) is 10.1. The molecule has 6 heteroatoms. The number of hydrogen-bond acceptors (Lipinski definition) is 3. The molecule has 1 N–H and O–H groups in total. The number of nitrogens with zero attached hydrogens (tertiary/aromatic N) is 2. The lowest BCUT2D eigenvalue weighted by Crippen LogP contribution is -2.31. The molecular formula is C19H25Cl2N3O. The van der Waals surface area contributed by atoms with Gasteiger partial charge in [0.1, 0.15) is 0 Å². The van der Waals surface area contributed by atoms with E-state index in [1.807, 2.05) is 12.1 Å². The summed E-state index contributed by atoms with van der Waals surface area (Å²) in [7, 11) is 0. The largest absolute Gasteiger partial charge is 0.490 e. The van der Waals surface area contributed by atoms with Gasteiger partial charge < -0.3 is 4.74 Å². The Morgan fingerprint density at radius 1 is 1.28 bits per heavy atom. The van der Waals surface area contributed by atoms with Gasteiger partial charge in [0, 0.05) is 36.3 Å². The van der Waals surface area contributed by atoms with Gasteiger partial charge >= 0.3 is 0 Å². The quantitative estimate of drug-likeness (QED) is 0.748. The monoisotopic (exact) mass is 381 g/mol. The first-order valence-electron chi connectivity index (χ1n) is 8.90. The maximum atomic E-state index is 6.44. The highest BCUT2D eigenvalue weighted by atomic mass is 35.5. The third-order valence-electron chi connectivity index (χ3n) is 4.39. The summed E-state index contributed by atoms with van der Waals surface area (Å²) < 4.78 is 5.76. The Labute approximate surface area is 159 Å². The number of rotatable bonds is 6. The molecule has 136 valence electrons. The van der Waals surface area contributed by atoms with Gasteiger partial charge in [-0.05, 0) is 31.0 Å². The Hall–Kier alpha value is -1.23. The minimum absolute atomic E-state index is 0.412. The molecule has 0 atom stereocenters. The molecule has 0 aliphatic carbocycles. The van der Waals surface area contributed by atoms with Crippen molar-refractivity contribution >= 4 is 23.2 Å². The van der Waals surface area contributed by atoms with Crippen molar-refractivity contribution in [3.8, 4) is 17.0 Å². The molecule has 2 aromatic rings. The second-order valence-electron chi connectivity index (χ2n) is 7.03. The number of fused-ring (bicyclic) bond motifs is 1. The van der Waals surface area contributed by atoms with E-state index in [4.69, 9.17) is 27.9 Å². The summed E-state index contributed by atoms with van der Waals surface area (Å²) in [5.74, 6) is 0.965. The third kappa shape index (κ3) is 4.13. The van der Waals surface area contributed by atoms with Crippen molar-refractivity contribution in [1.29, 1.82) is 0 Å². The number of halogens is 2. The van der Waals surface area contributed by atoms with Crippen LogP contribution in [0.4, 0.5) is 0 Å². The van der Waals surface area contributed by atoms with Crippen LogP contribution in [-0.2, 0) is 13.0 Å². The molecule has 1 aromatic carbocycles. The molecule has 0 amide bonds. The van der Waals surface area contributed by atoms with E-state index in [0.717, 1.165) is 43.7 Å². The van der Waals surface area contributed by atoms with E-state index in [0.29, 0.717) is 28.3 Å². The van der Waals surface area contributed by atoms with E-state index in [1.54, 1.807) is 0 Å².